The molecule has 0 aromatic heterocycles. The number of carbonyl (C=O) groups excluding carboxylic acids is 1. The molecule has 1 aliphatic rings. The second-order valence-corrected chi connectivity index (χ2v) is 5.71. The van der Waals surface area contributed by atoms with Gasteiger partial charge in [0.15, 0.2) is 0 Å². The fourth-order valence-electron chi connectivity index (χ4n) is 2.20. The highest BCUT2D eigenvalue weighted by atomic mass is 79.9. The summed E-state index contributed by atoms with van der Waals surface area (Å²) >= 11 is 3.13. The Balaban J connectivity index is 1.93. The number of hydrogen-bond acceptors (Lipinski definition) is 5. The van der Waals surface area contributed by atoms with Crippen molar-refractivity contribution in [3.05, 3.63) is 32.8 Å². The van der Waals surface area contributed by atoms with Gasteiger partial charge in [0.2, 0.25) is 5.91 Å². The summed E-state index contributed by atoms with van der Waals surface area (Å²) in [5.74, 6) is -0.113. The molecule has 8 heteroatoms. The van der Waals surface area contributed by atoms with Crippen molar-refractivity contribution < 1.29 is 9.72 Å². The standard InChI is InChI=1S/C13H17BrN4O3/c14-11-8-10(2-3-12(11)18(20)21)16-13(19)9-17-6-1-4-15-5-7-17/h2-3,8,15H,1,4-7,9H2,(H,16,19). The number of rotatable bonds is 4. The third-order valence-corrected chi connectivity index (χ3v) is 3.86. The van der Waals surface area contributed by atoms with Crippen LogP contribution in [-0.4, -0.2) is 48.5 Å². The number of nitrogens with zero attached hydrogens (tertiary/aromatic N) is 2. The smallest absolute Gasteiger partial charge is 0.283 e. The number of anilines is 1. The van der Waals surface area contributed by atoms with Gasteiger partial charge >= 0.3 is 0 Å². The van der Waals surface area contributed by atoms with Crippen LogP contribution in [-0.2, 0) is 4.79 Å². The van der Waals surface area contributed by atoms with E-state index in [1.807, 2.05) is 0 Å². The van der Waals surface area contributed by atoms with Gasteiger partial charge < -0.3 is 10.6 Å². The quantitative estimate of drug-likeness (QED) is 0.631. The van der Waals surface area contributed by atoms with Crippen molar-refractivity contribution in [3.8, 4) is 0 Å². The molecule has 7 nitrogen and oxygen atoms in total. The zero-order valence-corrected chi connectivity index (χ0v) is 13.1. The van der Waals surface area contributed by atoms with Gasteiger partial charge in [-0.15, -0.1) is 0 Å². The lowest BCUT2D eigenvalue weighted by atomic mass is 10.3. The Morgan fingerprint density at radius 3 is 2.95 bits per heavy atom. The van der Waals surface area contributed by atoms with Crippen molar-refractivity contribution in [2.24, 2.45) is 0 Å². The molecule has 1 fully saturated rings. The van der Waals surface area contributed by atoms with E-state index >= 15 is 0 Å². The Labute approximate surface area is 131 Å². The number of nitrogens with one attached hydrogen (secondary N) is 2. The van der Waals surface area contributed by atoms with Gasteiger partial charge in [0.05, 0.1) is 15.9 Å². The van der Waals surface area contributed by atoms with E-state index in [2.05, 4.69) is 31.5 Å². The van der Waals surface area contributed by atoms with Crippen LogP contribution in [0.2, 0.25) is 0 Å². The van der Waals surface area contributed by atoms with Crippen LogP contribution >= 0.6 is 15.9 Å². The second-order valence-electron chi connectivity index (χ2n) is 4.85. The number of nitro groups is 1. The first-order valence-electron chi connectivity index (χ1n) is 6.73. The molecule has 1 aliphatic heterocycles. The summed E-state index contributed by atoms with van der Waals surface area (Å²) in [6, 6.07) is 4.44. The minimum Gasteiger partial charge on any atom is -0.325 e. The summed E-state index contributed by atoms with van der Waals surface area (Å²) in [7, 11) is 0. The lowest BCUT2D eigenvalue weighted by Gasteiger charge is -2.18. The maximum atomic E-state index is 12.0. The molecule has 0 spiro atoms. The Hall–Kier alpha value is -1.51. The fourth-order valence-corrected chi connectivity index (χ4v) is 2.72. The fraction of sp³-hybridized carbons (Fsp3) is 0.462. The first-order valence-corrected chi connectivity index (χ1v) is 7.52. The zero-order valence-electron chi connectivity index (χ0n) is 11.5. The number of halogens is 1. The van der Waals surface area contributed by atoms with Crippen LogP contribution in [0.25, 0.3) is 0 Å². The van der Waals surface area contributed by atoms with Gasteiger partial charge in [-0.05, 0) is 47.6 Å². The molecule has 1 heterocycles. The third kappa shape index (κ3) is 4.76. The minimum atomic E-state index is -0.472. The average molecular weight is 357 g/mol. The second kappa shape index (κ2) is 7.48. The topological polar surface area (TPSA) is 87.5 Å². The van der Waals surface area contributed by atoms with Gasteiger partial charge in [-0.25, -0.2) is 0 Å². The van der Waals surface area contributed by atoms with Gasteiger partial charge in [0.1, 0.15) is 0 Å². The van der Waals surface area contributed by atoms with Crippen LogP contribution in [0.4, 0.5) is 11.4 Å². The summed E-state index contributed by atoms with van der Waals surface area (Å²) in [5.41, 5.74) is 0.525. The highest BCUT2D eigenvalue weighted by Crippen LogP contribution is 2.27. The Bertz CT molecular complexity index is 530. The molecular weight excluding hydrogens is 340 g/mol. The van der Waals surface area contributed by atoms with Gasteiger partial charge in [-0.2, -0.15) is 0 Å². The van der Waals surface area contributed by atoms with Crippen molar-refractivity contribution >= 4 is 33.2 Å². The number of carbonyl (C=O) groups is 1. The first-order chi connectivity index (χ1) is 10.1. The normalized spacial score (nSPS) is 16.2. The molecule has 2 N–H and O–H groups in total. The lowest BCUT2D eigenvalue weighted by Crippen LogP contribution is -2.35. The van der Waals surface area contributed by atoms with E-state index in [1.165, 1.54) is 12.1 Å². The summed E-state index contributed by atoms with van der Waals surface area (Å²) in [4.78, 5) is 24.3. The summed E-state index contributed by atoms with van der Waals surface area (Å²) in [5, 5.41) is 16.8. The molecule has 2 rings (SSSR count). The number of amides is 1. The predicted molar refractivity (Wildman–Crippen MR) is 83.4 cm³/mol. The minimum absolute atomic E-state index is 0.0217. The van der Waals surface area contributed by atoms with Gasteiger partial charge in [-0.1, -0.05) is 0 Å². The molecule has 114 valence electrons. The van der Waals surface area contributed by atoms with Crippen LogP contribution in [0, 0.1) is 10.1 Å². The van der Waals surface area contributed by atoms with E-state index in [0.29, 0.717) is 16.7 Å². The maximum absolute atomic E-state index is 12.0. The van der Waals surface area contributed by atoms with Crippen molar-refractivity contribution in [2.75, 3.05) is 38.0 Å². The maximum Gasteiger partial charge on any atom is 0.283 e. The van der Waals surface area contributed by atoms with E-state index in [1.54, 1.807) is 6.07 Å². The molecule has 0 radical (unpaired) electrons. The number of hydrogen-bond donors (Lipinski definition) is 2. The van der Waals surface area contributed by atoms with E-state index in [-0.39, 0.29) is 11.6 Å². The van der Waals surface area contributed by atoms with E-state index < -0.39 is 4.92 Å². The van der Waals surface area contributed by atoms with Crippen LogP contribution in [0.3, 0.4) is 0 Å². The van der Waals surface area contributed by atoms with Crippen LogP contribution in [0.15, 0.2) is 22.7 Å². The molecule has 0 atom stereocenters. The first kappa shape index (κ1) is 15.9. The average Bonchev–Trinajstić information content (AvgIpc) is 2.66. The summed E-state index contributed by atoms with van der Waals surface area (Å²) in [6.07, 6.45) is 1.02. The summed E-state index contributed by atoms with van der Waals surface area (Å²) in [6.45, 7) is 3.93. The largest absolute Gasteiger partial charge is 0.325 e. The van der Waals surface area contributed by atoms with Crippen molar-refractivity contribution in [1.29, 1.82) is 0 Å². The molecule has 21 heavy (non-hydrogen) atoms. The summed E-state index contributed by atoms with van der Waals surface area (Å²) < 4.78 is 0.351. The van der Waals surface area contributed by atoms with E-state index in [9.17, 15) is 14.9 Å². The van der Waals surface area contributed by atoms with E-state index in [4.69, 9.17) is 0 Å². The molecule has 0 aliphatic carbocycles. The monoisotopic (exact) mass is 356 g/mol. The Kier molecular flexibility index (Phi) is 5.66. The molecular formula is C13H17BrN4O3. The highest BCUT2D eigenvalue weighted by molar-refractivity contribution is 9.10. The van der Waals surface area contributed by atoms with Crippen LogP contribution in [0.5, 0.6) is 0 Å². The molecule has 0 unspecified atom stereocenters. The Morgan fingerprint density at radius 1 is 1.43 bits per heavy atom. The van der Waals surface area contributed by atoms with Crippen LogP contribution < -0.4 is 10.6 Å². The van der Waals surface area contributed by atoms with E-state index in [0.717, 1.165) is 32.6 Å². The Morgan fingerprint density at radius 2 is 2.24 bits per heavy atom. The van der Waals surface area contributed by atoms with Crippen LogP contribution in [0.1, 0.15) is 6.42 Å². The van der Waals surface area contributed by atoms with Crippen molar-refractivity contribution in [3.63, 3.8) is 0 Å². The van der Waals surface area contributed by atoms with Gasteiger partial charge in [-0.3, -0.25) is 19.8 Å². The molecule has 0 saturated carbocycles. The molecule has 1 aromatic carbocycles. The SMILES string of the molecule is O=C(CN1CCCNCC1)Nc1ccc([N+](=O)[O-])c(Br)c1. The third-order valence-electron chi connectivity index (χ3n) is 3.23. The van der Waals surface area contributed by atoms with Crippen molar-refractivity contribution in [1.82, 2.24) is 10.2 Å². The molecule has 1 saturated heterocycles. The zero-order chi connectivity index (χ0) is 15.2. The lowest BCUT2D eigenvalue weighted by molar-refractivity contribution is -0.385. The van der Waals surface area contributed by atoms with Gasteiger partial charge in [0.25, 0.3) is 5.69 Å². The number of nitro benzene ring substituents is 1. The molecule has 0 bridgehead atoms. The van der Waals surface area contributed by atoms with Crippen molar-refractivity contribution in [2.45, 2.75) is 6.42 Å². The predicted octanol–water partition coefficient (Wildman–Crippen LogP) is 1.59. The molecule has 1 aromatic rings. The number of benzene rings is 1. The van der Waals surface area contributed by atoms with Gasteiger partial charge in [0, 0.05) is 24.8 Å². The molecule has 1 amide bonds. The highest BCUT2D eigenvalue weighted by Gasteiger charge is 2.15.